The van der Waals surface area contributed by atoms with Gasteiger partial charge in [-0.3, -0.25) is 4.57 Å². The van der Waals surface area contributed by atoms with Gasteiger partial charge in [0.15, 0.2) is 5.82 Å². The molecule has 9 heteroatoms. The largest absolute Gasteiger partial charge is 0.297 e. The van der Waals surface area contributed by atoms with Crippen molar-refractivity contribution in [3.63, 3.8) is 0 Å². The number of rotatable bonds is 4. The Balaban J connectivity index is 2.66. The monoisotopic (exact) mass is 335 g/mol. The average Bonchev–Trinajstić information content (AvgIpc) is 2.69. The number of hydrogen-bond donors (Lipinski definition) is 0. The fourth-order valence-corrected chi connectivity index (χ4v) is 2.80. The minimum absolute atomic E-state index is 0.0429. The molecular weight excluding hydrogens is 324 g/mol. The Bertz CT molecular complexity index is 755. The van der Waals surface area contributed by atoms with Gasteiger partial charge in [0, 0.05) is 28.9 Å². The molecule has 0 spiro atoms. The lowest BCUT2D eigenvalue weighted by atomic mass is 10.2. The normalized spacial score (nSPS) is 12.1. The lowest BCUT2D eigenvalue weighted by molar-refractivity contribution is 0.488. The van der Waals surface area contributed by atoms with Gasteiger partial charge in [-0.1, -0.05) is 13.8 Å². The Morgan fingerprint density at radius 1 is 1.19 bits per heavy atom. The molecule has 0 amide bonds. The Morgan fingerprint density at radius 2 is 1.76 bits per heavy atom. The molecule has 1 aromatic carbocycles. The molecule has 0 bridgehead atoms. The van der Waals surface area contributed by atoms with Gasteiger partial charge in [0.25, 0.3) is 14.2 Å². The predicted octanol–water partition coefficient (Wildman–Crippen LogP) is 2.81. The van der Waals surface area contributed by atoms with E-state index in [1.807, 2.05) is 13.8 Å². The van der Waals surface area contributed by atoms with Crippen LogP contribution >= 0.6 is 10.7 Å². The van der Waals surface area contributed by atoms with Crippen molar-refractivity contribution in [3.05, 3.63) is 29.8 Å². The quantitative estimate of drug-likeness (QED) is 0.806. The van der Waals surface area contributed by atoms with Crippen molar-refractivity contribution < 1.29 is 17.2 Å². The third-order valence-electron chi connectivity index (χ3n) is 2.60. The second-order valence-corrected chi connectivity index (χ2v) is 7.37. The Morgan fingerprint density at radius 3 is 2.24 bits per heavy atom. The van der Waals surface area contributed by atoms with Crippen LogP contribution in [0.4, 0.5) is 8.78 Å². The summed E-state index contributed by atoms with van der Waals surface area (Å²) in [5.41, 5.74) is 0.0900. The van der Waals surface area contributed by atoms with Crippen LogP contribution in [-0.2, 0) is 15.6 Å². The van der Waals surface area contributed by atoms with Crippen molar-refractivity contribution in [2.45, 2.75) is 25.5 Å². The van der Waals surface area contributed by atoms with Gasteiger partial charge in [0.2, 0.25) is 0 Å². The Labute approximate surface area is 125 Å². The fraction of sp³-hybridized carbons (Fsp3) is 0.333. The lowest BCUT2D eigenvalue weighted by Crippen LogP contribution is -2.12. The van der Waals surface area contributed by atoms with Gasteiger partial charge in [-0.15, -0.1) is 10.2 Å². The maximum Gasteiger partial charge on any atom is 0.296 e. The van der Waals surface area contributed by atoms with Gasteiger partial charge < -0.3 is 0 Å². The highest BCUT2D eigenvalue weighted by atomic mass is 35.7. The third-order valence-corrected chi connectivity index (χ3v) is 3.76. The minimum Gasteiger partial charge on any atom is -0.297 e. The first kappa shape index (κ1) is 15.8. The molecule has 2 aromatic rings. The number of hydrogen-bond acceptors (Lipinski definition) is 4. The number of benzene rings is 1. The SMILES string of the molecule is CC(C)Cn1c(-c2cc(F)cc(F)c2)nnc1S(=O)(=O)Cl. The third kappa shape index (κ3) is 3.56. The molecule has 1 aromatic heterocycles. The summed E-state index contributed by atoms with van der Waals surface area (Å²) in [5, 5.41) is 6.78. The zero-order valence-corrected chi connectivity index (χ0v) is 12.8. The van der Waals surface area contributed by atoms with Crippen LogP contribution in [0.5, 0.6) is 0 Å². The van der Waals surface area contributed by atoms with E-state index in [-0.39, 0.29) is 23.9 Å². The molecule has 0 saturated heterocycles. The number of aromatic nitrogens is 3. The highest BCUT2D eigenvalue weighted by Gasteiger charge is 2.24. The van der Waals surface area contributed by atoms with Gasteiger partial charge in [-0.25, -0.2) is 17.2 Å². The zero-order chi connectivity index (χ0) is 15.8. The standard InChI is InChI=1S/C12H12ClF2N3O2S/c1-7(2)6-18-11(16-17-12(18)21(13,19)20)8-3-9(14)5-10(15)4-8/h3-5,7H,6H2,1-2H3. The molecule has 21 heavy (non-hydrogen) atoms. The van der Waals surface area contributed by atoms with Gasteiger partial charge in [-0.05, 0) is 18.1 Å². The van der Waals surface area contributed by atoms with Crippen LogP contribution in [0.25, 0.3) is 11.4 Å². The molecule has 5 nitrogen and oxygen atoms in total. The number of nitrogens with zero attached hydrogens (tertiary/aromatic N) is 3. The summed E-state index contributed by atoms with van der Waals surface area (Å²) in [7, 11) is 1.20. The summed E-state index contributed by atoms with van der Waals surface area (Å²) in [5.74, 6) is -1.49. The average molecular weight is 336 g/mol. The molecule has 0 aliphatic heterocycles. The molecule has 0 aliphatic carbocycles. The van der Waals surface area contributed by atoms with Crippen molar-refractivity contribution >= 4 is 19.7 Å². The van der Waals surface area contributed by atoms with Crippen LogP contribution in [0.2, 0.25) is 0 Å². The van der Waals surface area contributed by atoms with Gasteiger partial charge >= 0.3 is 0 Å². The van der Waals surface area contributed by atoms with Crippen LogP contribution in [0, 0.1) is 17.6 Å². The molecule has 0 aliphatic rings. The second-order valence-electron chi connectivity index (χ2n) is 4.91. The number of halogens is 3. The summed E-state index contributed by atoms with van der Waals surface area (Å²) in [6.45, 7) is 3.93. The fourth-order valence-electron chi connectivity index (χ4n) is 1.90. The Hall–Kier alpha value is -1.54. The predicted molar refractivity (Wildman–Crippen MR) is 73.3 cm³/mol. The summed E-state index contributed by atoms with van der Waals surface area (Å²) in [6, 6.07) is 2.81. The lowest BCUT2D eigenvalue weighted by Gasteiger charge is -2.11. The maximum atomic E-state index is 13.3. The van der Waals surface area contributed by atoms with Crippen molar-refractivity contribution in [2.75, 3.05) is 0 Å². The summed E-state index contributed by atoms with van der Waals surface area (Å²) in [4.78, 5) is 0. The highest BCUT2D eigenvalue weighted by Crippen LogP contribution is 2.25. The van der Waals surface area contributed by atoms with Crippen molar-refractivity contribution in [3.8, 4) is 11.4 Å². The molecule has 2 rings (SSSR count). The van der Waals surface area contributed by atoms with Crippen LogP contribution < -0.4 is 0 Å². The smallest absolute Gasteiger partial charge is 0.296 e. The van der Waals surface area contributed by atoms with Crippen molar-refractivity contribution in [1.29, 1.82) is 0 Å². The van der Waals surface area contributed by atoms with E-state index in [0.29, 0.717) is 6.07 Å². The summed E-state index contributed by atoms with van der Waals surface area (Å²) in [6.07, 6.45) is 0. The van der Waals surface area contributed by atoms with E-state index < -0.39 is 25.8 Å². The molecule has 114 valence electrons. The first-order valence-corrected chi connectivity index (χ1v) is 8.33. The van der Waals surface area contributed by atoms with Gasteiger partial charge in [0.05, 0.1) is 0 Å². The zero-order valence-electron chi connectivity index (χ0n) is 11.2. The van der Waals surface area contributed by atoms with E-state index >= 15 is 0 Å². The van der Waals surface area contributed by atoms with E-state index in [2.05, 4.69) is 10.2 Å². The first-order valence-electron chi connectivity index (χ1n) is 6.03. The molecule has 1 heterocycles. The summed E-state index contributed by atoms with van der Waals surface area (Å²) >= 11 is 0. The van der Waals surface area contributed by atoms with Crippen LogP contribution in [-0.4, -0.2) is 23.2 Å². The molecule has 0 radical (unpaired) electrons. The van der Waals surface area contributed by atoms with Crippen molar-refractivity contribution in [1.82, 2.24) is 14.8 Å². The Kier molecular flexibility index (Phi) is 4.29. The van der Waals surface area contributed by atoms with Gasteiger partial charge in [-0.2, -0.15) is 0 Å². The van der Waals surface area contributed by atoms with Crippen LogP contribution in [0.3, 0.4) is 0 Å². The summed E-state index contributed by atoms with van der Waals surface area (Å²) < 4.78 is 50.9. The van der Waals surface area contributed by atoms with E-state index in [9.17, 15) is 17.2 Å². The van der Waals surface area contributed by atoms with Crippen molar-refractivity contribution in [2.24, 2.45) is 5.92 Å². The molecular formula is C12H12ClF2N3O2S. The molecule has 0 fully saturated rings. The highest BCUT2D eigenvalue weighted by molar-refractivity contribution is 8.13. The van der Waals surface area contributed by atoms with E-state index in [1.54, 1.807) is 0 Å². The molecule has 0 saturated carbocycles. The van der Waals surface area contributed by atoms with Crippen LogP contribution in [0.15, 0.2) is 23.4 Å². The van der Waals surface area contributed by atoms with E-state index in [0.717, 1.165) is 12.1 Å². The van der Waals surface area contributed by atoms with Gasteiger partial charge in [0.1, 0.15) is 11.6 Å². The van der Waals surface area contributed by atoms with E-state index in [4.69, 9.17) is 10.7 Å². The first-order chi connectivity index (χ1) is 9.68. The second kappa shape index (κ2) is 5.69. The minimum atomic E-state index is -4.11. The van der Waals surface area contributed by atoms with Crippen LogP contribution in [0.1, 0.15) is 13.8 Å². The topological polar surface area (TPSA) is 64.8 Å². The van der Waals surface area contributed by atoms with E-state index in [1.165, 1.54) is 4.57 Å². The molecule has 0 N–H and O–H groups in total. The molecule has 0 atom stereocenters. The molecule has 0 unspecified atom stereocenters. The maximum absolute atomic E-state index is 13.3.